The van der Waals surface area contributed by atoms with Crippen molar-refractivity contribution < 1.29 is 38.9 Å². The van der Waals surface area contributed by atoms with E-state index in [1.807, 2.05) is 6.92 Å². The average Bonchev–Trinajstić information content (AvgIpc) is 2.78. The molecular weight excluding hydrogens is 470 g/mol. The van der Waals surface area contributed by atoms with Gasteiger partial charge in [0, 0.05) is 13.1 Å². The molecule has 3 amide bonds. The molecule has 4 N–H and O–H groups in total. The van der Waals surface area contributed by atoms with Gasteiger partial charge in [-0.05, 0) is 64.3 Å². The molecule has 36 heavy (non-hydrogen) atoms. The number of esters is 1. The van der Waals surface area contributed by atoms with Crippen molar-refractivity contribution in [2.75, 3.05) is 26.3 Å². The van der Waals surface area contributed by atoms with E-state index in [1.165, 1.54) is 17.0 Å². The zero-order valence-electron chi connectivity index (χ0n) is 21.9. The van der Waals surface area contributed by atoms with Gasteiger partial charge < -0.3 is 35.2 Å². The molecule has 0 aliphatic heterocycles. The summed E-state index contributed by atoms with van der Waals surface area (Å²) in [5.74, 6) is -1.71. The van der Waals surface area contributed by atoms with Gasteiger partial charge in [-0.3, -0.25) is 14.4 Å². The van der Waals surface area contributed by atoms with Crippen molar-refractivity contribution in [3.8, 4) is 5.75 Å². The van der Waals surface area contributed by atoms with Crippen LogP contribution in [0.1, 0.15) is 64.6 Å². The molecule has 11 heteroatoms. The number of ether oxygens (including phenoxy) is 2. The van der Waals surface area contributed by atoms with Crippen molar-refractivity contribution in [1.82, 2.24) is 15.5 Å². The van der Waals surface area contributed by atoms with Crippen LogP contribution >= 0.6 is 0 Å². The highest BCUT2D eigenvalue weighted by Gasteiger charge is 2.36. The van der Waals surface area contributed by atoms with Crippen molar-refractivity contribution in [3.63, 3.8) is 0 Å². The number of carbonyl (C=O) groups excluding carboxylic acids is 4. The van der Waals surface area contributed by atoms with Crippen LogP contribution in [-0.4, -0.2) is 76.9 Å². The summed E-state index contributed by atoms with van der Waals surface area (Å²) in [4.78, 5) is 52.0. The number of nitrogens with one attached hydrogen (secondary N) is 2. The molecular formula is C25H39N3O8. The lowest BCUT2D eigenvalue weighted by Gasteiger charge is -2.34. The summed E-state index contributed by atoms with van der Waals surface area (Å²) < 4.78 is 10.1. The predicted octanol–water partition coefficient (Wildman–Crippen LogP) is 1.94. The Balaban J connectivity index is 3.29. The number of phenols is 1. The second-order valence-electron chi connectivity index (χ2n) is 9.21. The first-order valence-electron chi connectivity index (χ1n) is 12.0. The second kappa shape index (κ2) is 14.3. The van der Waals surface area contributed by atoms with Gasteiger partial charge in [0.15, 0.2) is 0 Å². The smallest absolute Gasteiger partial charge is 0.408 e. The quantitative estimate of drug-likeness (QED) is 0.312. The van der Waals surface area contributed by atoms with Crippen molar-refractivity contribution in [3.05, 3.63) is 29.3 Å². The van der Waals surface area contributed by atoms with E-state index in [4.69, 9.17) is 9.47 Å². The lowest BCUT2D eigenvalue weighted by atomic mass is 10.00. The van der Waals surface area contributed by atoms with Crippen LogP contribution in [0.3, 0.4) is 0 Å². The average molecular weight is 510 g/mol. The van der Waals surface area contributed by atoms with E-state index in [2.05, 4.69) is 10.6 Å². The van der Waals surface area contributed by atoms with Crippen LogP contribution in [0.25, 0.3) is 0 Å². The molecule has 0 spiro atoms. The highest BCUT2D eigenvalue weighted by Crippen LogP contribution is 2.27. The van der Waals surface area contributed by atoms with E-state index in [9.17, 15) is 29.4 Å². The monoisotopic (exact) mass is 509 g/mol. The van der Waals surface area contributed by atoms with Gasteiger partial charge in [0.2, 0.25) is 11.8 Å². The van der Waals surface area contributed by atoms with Crippen LogP contribution in [0.2, 0.25) is 0 Å². The third kappa shape index (κ3) is 9.73. The Morgan fingerprint density at radius 1 is 1.14 bits per heavy atom. The minimum atomic E-state index is -1.36. The Morgan fingerprint density at radius 2 is 1.81 bits per heavy atom. The maximum atomic E-state index is 13.5. The topological polar surface area (TPSA) is 154 Å². The number of phenolic OH excluding ortho intramolecular Hbond substituents is 1. The number of aryl methyl sites for hydroxylation is 1. The molecule has 11 nitrogen and oxygen atoms in total. The number of nitrogens with zero attached hydrogens (tertiary/aromatic N) is 1. The molecule has 0 fully saturated rings. The molecule has 0 saturated carbocycles. The molecule has 0 aliphatic carbocycles. The van der Waals surface area contributed by atoms with E-state index in [-0.39, 0.29) is 31.9 Å². The Kier molecular flexibility index (Phi) is 12.2. The highest BCUT2D eigenvalue weighted by molar-refractivity contribution is 5.92. The number of rotatable bonds is 12. The molecule has 1 rings (SSSR count). The number of amides is 3. The molecule has 2 atom stereocenters. The van der Waals surface area contributed by atoms with E-state index >= 15 is 0 Å². The number of aromatic hydroxyl groups is 1. The van der Waals surface area contributed by atoms with Crippen LogP contribution in [0.4, 0.5) is 4.79 Å². The molecule has 0 aromatic heterocycles. The van der Waals surface area contributed by atoms with Gasteiger partial charge in [0.05, 0.1) is 19.6 Å². The number of carbonyl (C=O) groups is 4. The molecule has 202 valence electrons. The Bertz CT molecular complexity index is 913. The Labute approximate surface area is 212 Å². The SMILES string of the molecule is CCCN(C(=O)C(CO)NC(=O)OC(C)(C)C)C(C(=O)NCCC(=O)OCC)c1ccc(O)c(C)c1. The fourth-order valence-corrected chi connectivity index (χ4v) is 3.38. The third-order valence-corrected chi connectivity index (χ3v) is 4.95. The lowest BCUT2D eigenvalue weighted by Crippen LogP contribution is -2.54. The standard InChI is InChI=1S/C25H39N3O8/c1-7-13-28(23(33)18(15-29)27-24(34)36-25(4,5)6)21(17-9-10-19(30)16(3)14-17)22(32)26-12-11-20(31)35-8-2/h9-10,14,18,21,29-30H,7-8,11-13,15H2,1-6H3,(H,26,32)(H,27,34). The Morgan fingerprint density at radius 3 is 2.33 bits per heavy atom. The van der Waals surface area contributed by atoms with Crippen LogP contribution in [0.15, 0.2) is 18.2 Å². The summed E-state index contributed by atoms with van der Waals surface area (Å²) in [6.45, 7) is 9.74. The number of hydrogen-bond acceptors (Lipinski definition) is 8. The van der Waals surface area contributed by atoms with E-state index in [0.717, 1.165) is 0 Å². The molecule has 0 aliphatic rings. The van der Waals surface area contributed by atoms with Gasteiger partial charge in [-0.15, -0.1) is 0 Å². The molecule has 2 unspecified atom stereocenters. The lowest BCUT2D eigenvalue weighted by molar-refractivity contribution is -0.144. The van der Waals surface area contributed by atoms with Gasteiger partial charge in [0.25, 0.3) is 0 Å². The molecule has 0 bridgehead atoms. The number of hydrogen-bond donors (Lipinski definition) is 4. The van der Waals surface area contributed by atoms with Crippen molar-refractivity contribution in [1.29, 1.82) is 0 Å². The first-order valence-corrected chi connectivity index (χ1v) is 12.0. The zero-order chi connectivity index (χ0) is 27.5. The van der Waals surface area contributed by atoms with Crippen molar-refractivity contribution in [2.45, 2.75) is 72.1 Å². The number of aliphatic hydroxyl groups excluding tert-OH is 1. The van der Waals surface area contributed by atoms with E-state index < -0.39 is 48.2 Å². The van der Waals surface area contributed by atoms with Gasteiger partial charge in [-0.1, -0.05) is 13.0 Å². The fourth-order valence-electron chi connectivity index (χ4n) is 3.38. The second-order valence-corrected chi connectivity index (χ2v) is 9.21. The minimum absolute atomic E-state index is 0.0149. The van der Waals surface area contributed by atoms with Crippen LogP contribution in [0, 0.1) is 6.92 Å². The molecule has 1 aromatic carbocycles. The number of alkyl carbamates (subject to hydrolysis) is 1. The van der Waals surface area contributed by atoms with Gasteiger partial charge >= 0.3 is 12.1 Å². The first kappa shape index (κ1) is 30.7. The van der Waals surface area contributed by atoms with Crippen molar-refractivity contribution in [2.24, 2.45) is 0 Å². The Hall–Kier alpha value is -3.34. The first-order chi connectivity index (χ1) is 16.8. The largest absolute Gasteiger partial charge is 0.508 e. The number of benzene rings is 1. The van der Waals surface area contributed by atoms with Gasteiger partial charge in [0.1, 0.15) is 23.4 Å². The molecule has 0 radical (unpaired) electrons. The minimum Gasteiger partial charge on any atom is -0.508 e. The zero-order valence-corrected chi connectivity index (χ0v) is 21.9. The van der Waals surface area contributed by atoms with E-state index in [1.54, 1.807) is 40.7 Å². The highest BCUT2D eigenvalue weighted by atomic mass is 16.6. The maximum Gasteiger partial charge on any atom is 0.408 e. The molecule has 0 saturated heterocycles. The van der Waals surface area contributed by atoms with Crippen molar-refractivity contribution >= 4 is 23.9 Å². The van der Waals surface area contributed by atoms with Crippen LogP contribution in [-0.2, 0) is 23.9 Å². The third-order valence-electron chi connectivity index (χ3n) is 4.95. The summed E-state index contributed by atoms with van der Waals surface area (Å²) in [6.07, 6.45) is -0.468. The summed E-state index contributed by atoms with van der Waals surface area (Å²) >= 11 is 0. The fraction of sp³-hybridized carbons (Fsp3) is 0.600. The molecule has 1 aromatic rings. The predicted molar refractivity (Wildman–Crippen MR) is 132 cm³/mol. The summed E-state index contributed by atoms with van der Waals surface area (Å²) in [5, 5.41) is 24.9. The normalized spacial score (nSPS) is 12.8. The summed E-state index contributed by atoms with van der Waals surface area (Å²) in [6, 6.07) is 1.99. The van der Waals surface area contributed by atoms with Gasteiger partial charge in [-0.25, -0.2) is 4.79 Å². The summed E-state index contributed by atoms with van der Waals surface area (Å²) in [7, 11) is 0. The molecule has 0 heterocycles. The maximum absolute atomic E-state index is 13.5. The number of aliphatic hydroxyl groups is 1. The van der Waals surface area contributed by atoms with Crippen LogP contribution in [0.5, 0.6) is 5.75 Å². The van der Waals surface area contributed by atoms with Gasteiger partial charge in [-0.2, -0.15) is 0 Å². The van der Waals surface area contributed by atoms with Crippen LogP contribution < -0.4 is 10.6 Å². The summed E-state index contributed by atoms with van der Waals surface area (Å²) in [5.41, 5.74) is 0.0854. The van der Waals surface area contributed by atoms with E-state index in [0.29, 0.717) is 17.5 Å².